The van der Waals surface area contributed by atoms with Gasteiger partial charge in [0.15, 0.2) is 0 Å². The monoisotopic (exact) mass is 203 g/mol. The van der Waals surface area contributed by atoms with Crippen molar-refractivity contribution in [3.8, 4) is 5.88 Å². The summed E-state index contributed by atoms with van der Waals surface area (Å²) in [6.45, 7) is 0. The summed E-state index contributed by atoms with van der Waals surface area (Å²) in [5.41, 5.74) is 0.689. The molecule has 0 atom stereocenters. The zero-order valence-electron chi connectivity index (χ0n) is 7.06. The van der Waals surface area contributed by atoms with Crippen molar-refractivity contribution in [2.75, 3.05) is 7.11 Å². The van der Waals surface area contributed by atoms with Gasteiger partial charge in [0.25, 0.3) is 0 Å². The maximum atomic E-state index is 10.3. The molecule has 0 amide bonds. The number of aliphatic carboxylic acids is 1. The summed E-state index contributed by atoms with van der Waals surface area (Å²) in [7, 11) is 1.49. The second-order valence-corrected chi connectivity index (χ2v) is 2.28. The van der Waals surface area contributed by atoms with Crippen molar-refractivity contribution in [2.24, 2.45) is 0 Å². The molecule has 13 heavy (non-hydrogen) atoms. The second kappa shape index (κ2) is 5.37. The van der Waals surface area contributed by atoms with Crippen molar-refractivity contribution >= 4 is 18.4 Å². The quantitative estimate of drug-likeness (QED) is 0.801. The van der Waals surface area contributed by atoms with E-state index in [-0.39, 0.29) is 18.8 Å². The number of hydrogen-bond donors (Lipinski definition) is 1. The number of carbonyl (C=O) groups is 1. The summed E-state index contributed by atoms with van der Waals surface area (Å²) in [5, 5.41) is 8.47. The molecule has 0 aliphatic heterocycles. The zero-order valence-corrected chi connectivity index (χ0v) is 7.87. The molecule has 1 rings (SSSR count). The molecule has 0 unspecified atom stereocenters. The third-order valence-electron chi connectivity index (χ3n) is 1.36. The van der Waals surface area contributed by atoms with E-state index in [4.69, 9.17) is 9.84 Å². The zero-order chi connectivity index (χ0) is 8.97. The normalized spacial score (nSPS) is 8.69. The number of carboxylic acid groups (broad SMARTS) is 1. The number of halogens is 1. The molecule has 0 aliphatic rings. The molecule has 1 aromatic rings. The lowest BCUT2D eigenvalue weighted by molar-refractivity contribution is -0.136. The topological polar surface area (TPSA) is 59.4 Å². The summed E-state index contributed by atoms with van der Waals surface area (Å²) >= 11 is 0. The maximum Gasteiger partial charge on any atom is 0.307 e. The van der Waals surface area contributed by atoms with Crippen LogP contribution < -0.4 is 4.74 Å². The van der Waals surface area contributed by atoms with Crippen LogP contribution in [0.15, 0.2) is 18.3 Å². The van der Waals surface area contributed by atoms with Crippen molar-refractivity contribution in [2.45, 2.75) is 6.42 Å². The molecule has 1 aromatic heterocycles. The highest BCUT2D eigenvalue weighted by Gasteiger charge is 2.01. The second-order valence-electron chi connectivity index (χ2n) is 2.28. The van der Waals surface area contributed by atoms with E-state index >= 15 is 0 Å². The van der Waals surface area contributed by atoms with Crippen LogP contribution in [0.2, 0.25) is 0 Å². The summed E-state index contributed by atoms with van der Waals surface area (Å²) in [6.07, 6.45) is 1.52. The van der Waals surface area contributed by atoms with Crippen LogP contribution in [0.3, 0.4) is 0 Å². The molecule has 1 heterocycles. The van der Waals surface area contributed by atoms with Crippen LogP contribution in [-0.4, -0.2) is 23.2 Å². The summed E-state index contributed by atoms with van der Waals surface area (Å²) < 4.78 is 4.83. The van der Waals surface area contributed by atoms with E-state index in [9.17, 15) is 4.79 Å². The first-order chi connectivity index (χ1) is 5.72. The van der Waals surface area contributed by atoms with Gasteiger partial charge in [-0.1, -0.05) is 0 Å². The number of nitrogens with zero attached hydrogens (tertiary/aromatic N) is 1. The van der Waals surface area contributed by atoms with Crippen molar-refractivity contribution in [3.63, 3.8) is 0 Å². The van der Waals surface area contributed by atoms with Crippen molar-refractivity contribution in [1.29, 1.82) is 0 Å². The van der Waals surface area contributed by atoms with E-state index in [2.05, 4.69) is 4.98 Å². The minimum Gasteiger partial charge on any atom is -0.481 e. The molecular weight excluding hydrogens is 194 g/mol. The summed E-state index contributed by atoms with van der Waals surface area (Å²) in [5.74, 6) is -0.419. The minimum absolute atomic E-state index is 0. The molecule has 4 nitrogen and oxygen atoms in total. The SMILES string of the molecule is COc1cc(CC(=O)O)ccn1.Cl. The van der Waals surface area contributed by atoms with Gasteiger partial charge in [-0.25, -0.2) is 4.98 Å². The first-order valence-electron chi connectivity index (χ1n) is 3.43. The Balaban J connectivity index is 0.00000144. The predicted molar refractivity (Wildman–Crippen MR) is 49.4 cm³/mol. The molecule has 0 fully saturated rings. The average molecular weight is 204 g/mol. The van der Waals surface area contributed by atoms with Gasteiger partial charge in [0, 0.05) is 12.3 Å². The van der Waals surface area contributed by atoms with Crippen molar-refractivity contribution in [3.05, 3.63) is 23.9 Å². The Morgan fingerprint density at radius 3 is 2.92 bits per heavy atom. The fraction of sp³-hybridized carbons (Fsp3) is 0.250. The van der Waals surface area contributed by atoms with Crippen LogP contribution in [0.25, 0.3) is 0 Å². The molecule has 72 valence electrons. The summed E-state index contributed by atoms with van der Waals surface area (Å²) in [6, 6.07) is 3.25. The highest BCUT2D eigenvalue weighted by atomic mass is 35.5. The standard InChI is InChI=1S/C8H9NO3.ClH/c1-12-7-4-6(2-3-9-7)5-8(10)11;/h2-4H,5H2,1H3,(H,10,11);1H. The minimum atomic E-state index is -0.858. The van der Waals surface area contributed by atoms with Crippen molar-refractivity contribution < 1.29 is 14.6 Å². The Labute approximate surface area is 82.0 Å². The number of methoxy groups -OCH3 is 1. The number of carboxylic acids is 1. The molecule has 0 saturated carbocycles. The Hall–Kier alpha value is -1.29. The lowest BCUT2D eigenvalue weighted by Crippen LogP contribution is -2.00. The van der Waals surface area contributed by atoms with Gasteiger partial charge in [-0.3, -0.25) is 4.79 Å². The van der Waals surface area contributed by atoms with Gasteiger partial charge < -0.3 is 9.84 Å². The van der Waals surface area contributed by atoms with E-state index in [0.29, 0.717) is 11.4 Å². The first-order valence-corrected chi connectivity index (χ1v) is 3.43. The van der Waals surface area contributed by atoms with Crippen LogP contribution in [0.5, 0.6) is 5.88 Å². The Kier molecular flexibility index (Phi) is 4.84. The van der Waals surface area contributed by atoms with Crippen LogP contribution in [0.1, 0.15) is 5.56 Å². The molecule has 5 heteroatoms. The van der Waals surface area contributed by atoms with E-state index < -0.39 is 5.97 Å². The third-order valence-corrected chi connectivity index (χ3v) is 1.36. The molecule has 0 aliphatic carbocycles. The largest absolute Gasteiger partial charge is 0.481 e. The highest BCUT2D eigenvalue weighted by Crippen LogP contribution is 2.08. The summed E-state index contributed by atoms with van der Waals surface area (Å²) in [4.78, 5) is 14.2. The molecule has 0 bridgehead atoms. The Morgan fingerprint density at radius 2 is 2.38 bits per heavy atom. The highest BCUT2D eigenvalue weighted by molar-refractivity contribution is 5.85. The molecular formula is C8H10ClNO3. The number of aromatic nitrogens is 1. The number of ether oxygens (including phenoxy) is 1. The smallest absolute Gasteiger partial charge is 0.307 e. The maximum absolute atomic E-state index is 10.3. The van der Waals surface area contributed by atoms with Crippen LogP contribution >= 0.6 is 12.4 Å². The third kappa shape index (κ3) is 3.75. The van der Waals surface area contributed by atoms with Gasteiger partial charge in [0.05, 0.1) is 13.5 Å². The predicted octanol–water partition coefficient (Wildman–Crippen LogP) is 1.14. The van der Waals surface area contributed by atoms with Gasteiger partial charge >= 0.3 is 5.97 Å². The number of hydrogen-bond acceptors (Lipinski definition) is 3. The Bertz CT molecular complexity index is 290. The van der Waals surface area contributed by atoms with E-state index in [1.807, 2.05) is 0 Å². The molecule has 1 N–H and O–H groups in total. The van der Waals surface area contributed by atoms with E-state index in [0.717, 1.165) is 0 Å². The molecule has 0 saturated heterocycles. The van der Waals surface area contributed by atoms with Crippen molar-refractivity contribution in [1.82, 2.24) is 4.98 Å². The van der Waals surface area contributed by atoms with Gasteiger partial charge in [-0.05, 0) is 11.6 Å². The Morgan fingerprint density at radius 1 is 1.69 bits per heavy atom. The van der Waals surface area contributed by atoms with Crippen LogP contribution in [-0.2, 0) is 11.2 Å². The van der Waals surface area contributed by atoms with Gasteiger partial charge in [-0.2, -0.15) is 0 Å². The molecule has 0 aromatic carbocycles. The number of pyridine rings is 1. The average Bonchev–Trinajstić information content (AvgIpc) is 2.03. The fourth-order valence-electron chi connectivity index (χ4n) is 0.847. The lowest BCUT2D eigenvalue weighted by atomic mass is 10.2. The van der Waals surface area contributed by atoms with Gasteiger partial charge in [-0.15, -0.1) is 12.4 Å². The van der Waals surface area contributed by atoms with Gasteiger partial charge in [0.1, 0.15) is 0 Å². The van der Waals surface area contributed by atoms with Gasteiger partial charge in [0.2, 0.25) is 5.88 Å². The van der Waals surface area contributed by atoms with E-state index in [1.54, 1.807) is 12.1 Å². The molecule has 0 spiro atoms. The van der Waals surface area contributed by atoms with Crippen LogP contribution in [0, 0.1) is 0 Å². The molecule has 0 radical (unpaired) electrons. The van der Waals surface area contributed by atoms with Crippen LogP contribution in [0.4, 0.5) is 0 Å². The fourth-order valence-corrected chi connectivity index (χ4v) is 0.847. The van der Waals surface area contributed by atoms with E-state index in [1.165, 1.54) is 13.3 Å². The number of rotatable bonds is 3. The first kappa shape index (κ1) is 11.7. The lowest BCUT2D eigenvalue weighted by Gasteiger charge is -1.99.